The second kappa shape index (κ2) is 8.14. The van der Waals surface area contributed by atoms with Gasteiger partial charge in [-0.25, -0.2) is 0 Å². The summed E-state index contributed by atoms with van der Waals surface area (Å²) in [6.07, 6.45) is 0. The standard InChI is InChI=1S/C16H14Cl4O/c17-7-11-3-1-5-15(13(11)9-19)21-16-6-2-4-12(8-18)14(16)10-20/h1-6H,7-10H2. The van der Waals surface area contributed by atoms with Crippen molar-refractivity contribution < 1.29 is 4.74 Å². The highest BCUT2D eigenvalue weighted by molar-refractivity contribution is 6.19. The Balaban J connectivity index is 2.43. The Morgan fingerprint density at radius 2 is 1.05 bits per heavy atom. The second-order valence-corrected chi connectivity index (χ2v) is 5.49. The third-order valence-corrected chi connectivity index (χ3v) is 4.35. The molecule has 2 aromatic rings. The van der Waals surface area contributed by atoms with Crippen molar-refractivity contribution in [1.29, 1.82) is 0 Å². The summed E-state index contributed by atoms with van der Waals surface area (Å²) in [5.41, 5.74) is 3.71. The van der Waals surface area contributed by atoms with Crippen LogP contribution in [0.2, 0.25) is 0 Å². The van der Waals surface area contributed by atoms with Crippen LogP contribution in [0, 0.1) is 0 Å². The first-order valence-electron chi connectivity index (χ1n) is 6.38. The molecule has 0 heterocycles. The number of halogens is 4. The molecule has 0 saturated heterocycles. The molecule has 0 bridgehead atoms. The molecule has 0 amide bonds. The van der Waals surface area contributed by atoms with Crippen molar-refractivity contribution >= 4 is 46.4 Å². The summed E-state index contributed by atoms with van der Waals surface area (Å²) in [4.78, 5) is 0. The van der Waals surface area contributed by atoms with Gasteiger partial charge in [-0.3, -0.25) is 0 Å². The Hall–Kier alpha value is -0.600. The van der Waals surface area contributed by atoms with Crippen molar-refractivity contribution in [2.24, 2.45) is 0 Å². The quantitative estimate of drug-likeness (QED) is 0.537. The number of ether oxygens (including phenoxy) is 1. The molecule has 0 fully saturated rings. The number of alkyl halides is 4. The maximum absolute atomic E-state index is 6.03. The van der Waals surface area contributed by atoms with E-state index >= 15 is 0 Å². The normalized spacial score (nSPS) is 10.7. The number of hydrogen-bond acceptors (Lipinski definition) is 1. The lowest BCUT2D eigenvalue weighted by Crippen LogP contribution is -1.98. The van der Waals surface area contributed by atoms with Gasteiger partial charge in [-0.2, -0.15) is 0 Å². The van der Waals surface area contributed by atoms with E-state index < -0.39 is 0 Å². The molecular weight excluding hydrogens is 350 g/mol. The molecule has 0 radical (unpaired) electrons. The van der Waals surface area contributed by atoms with Gasteiger partial charge in [0, 0.05) is 22.9 Å². The highest BCUT2D eigenvalue weighted by atomic mass is 35.5. The van der Waals surface area contributed by atoms with Crippen LogP contribution in [-0.2, 0) is 23.5 Å². The summed E-state index contributed by atoms with van der Waals surface area (Å²) in [5, 5.41) is 0. The molecule has 112 valence electrons. The Kier molecular flexibility index (Phi) is 6.50. The van der Waals surface area contributed by atoms with Gasteiger partial charge in [-0.05, 0) is 23.3 Å². The van der Waals surface area contributed by atoms with Crippen LogP contribution in [0.3, 0.4) is 0 Å². The van der Waals surface area contributed by atoms with Crippen LogP contribution in [-0.4, -0.2) is 0 Å². The van der Waals surface area contributed by atoms with Crippen LogP contribution in [0.15, 0.2) is 36.4 Å². The van der Waals surface area contributed by atoms with E-state index in [2.05, 4.69) is 0 Å². The molecule has 0 aliphatic heterocycles. The van der Waals surface area contributed by atoms with Gasteiger partial charge in [0.05, 0.1) is 11.8 Å². The second-order valence-electron chi connectivity index (χ2n) is 4.42. The van der Waals surface area contributed by atoms with Crippen LogP contribution in [0.4, 0.5) is 0 Å². The number of rotatable bonds is 6. The molecule has 2 rings (SSSR count). The van der Waals surface area contributed by atoms with E-state index in [0.717, 1.165) is 22.3 Å². The molecule has 0 aromatic heterocycles. The third kappa shape index (κ3) is 3.78. The molecule has 0 atom stereocenters. The molecule has 1 nitrogen and oxygen atoms in total. The molecule has 0 saturated carbocycles. The fraction of sp³-hybridized carbons (Fsp3) is 0.250. The molecule has 0 unspecified atom stereocenters. The molecule has 0 N–H and O–H groups in total. The minimum absolute atomic E-state index is 0.337. The van der Waals surface area contributed by atoms with Gasteiger partial charge in [0.2, 0.25) is 0 Å². The zero-order valence-corrected chi connectivity index (χ0v) is 14.2. The van der Waals surface area contributed by atoms with E-state index in [1.165, 1.54) is 0 Å². The van der Waals surface area contributed by atoms with Gasteiger partial charge >= 0.3 is 0 Å². The maximum atomic E-state index is 6.03. The van der Waals surface area contributed by atoms with Crippen LogP contribution in [0.25, 0.3) is 0 Å². The van der Waals surface area contributed by atoms with Crippen molar-refractivity contribution in [3.05, 3.63) is 58.7 Å². The summed E-state index contributed by atoms with van der Waals surface area (Å²) in [7, 11) is 0. The van der Waals surface area contributed by atoms with Crippen LogP contribution >= 0.6 is 46.4 Å². The fourth-order valence-corrected chi connectivity index (χ4v) is 3.19. The van der Waals surface area contributed by atoms with Gasteiger partial charge in [0.1, 0.15) is 11.5 Å². The SMILES string of the molecule is ClCc1cccc(Oc2cccc(CCl)c2CCl)c1CCl. The van der Waals surface area contributed by atoms with E-state index in [9.17, 15) is 0 Å². The molecule has 5 heteroatoms. The van der Waals surface area contributed by atoms with Gasteiger partial charge in [0.25, 0.3) is 0 Å². The average molecular weight is 364 g/mol. The first-order valence-corrected chi connectivity index (χ1v) is 8.52. The van der Waals surface area contributed by atoms with E-state index in [0.29, 0.717) is 35.0 Å². The lowest BCUT2D eigenvalue weighted by Gasteiger charge is -2.16. The van der Waals surface area contributed by atoms with Gasteiger partial charge < -0.3 is 4.74 Å². The molecule has 2 aromatic carbocycles. The minimum atomic E-state index is 0.337. The number of benzene rings is 2. The lowest BCUT2D eigenvalue weighted by molar-refractivity contribution is 0.473. The summed E-state index contributed by atoms with van der Waals surface area (Å²) in [5.74, 6) is 2.85. The highest BCUT2D eigenvalue weighted by Crippen LogP contribution is 2.34. The van der Waals surface area contributed by atoms with E-state index in [4.69, 9.17) is 51.1 Å². The molecule has 0 aliphatic rings. The van der Waals surface area contributed by atoms with E-state index in [1.54, 1.807) is 0 Å². The van der Waals surface area contributed by atoms with Crippen molar-refractivity contribution in [2.45, 2.75) is 23.5 Å². The predicted molar refractivity (Wildman–Crippen MR) is 91.2 cm³/mol. The zero-order chi connectivity index (χ0) is 15.2. The lowest BCUT2D eigenvalue weighted by atomic mass is 10.1. The van der Waals surface area contributed by atoms with Crippen LogP contribution < -0.4 is 4.74 Å². The summed E-state index contributed by atoms with van der Waals surface area (Å²) < 4.78 is 6.02. The van der Waals surface area contributed by atoms with E-state index in [1.807, 2.05) is 36.4 Å². The fourth-order valence-electron chi connectivity index (χ4n) is 2.09. The van der Waals surface area contributed by atoms with E-state index in [-0.39, 0.29) is 0 Å². The smallest absolute Gasteiger partial charge is 0.132 e. The Bertz CT molecular complexity index is 560. The summed E-state index contributed by atoms with van der Waals surface area (Å²) in [6, 6.07) is 11.4. The first kappa shape index (κ1) is 16.8. The average Bonchev–Trinajstić information content (AvgIpc) is 2.54. The molecular formula is C16H14Cl4O. The third-order valence-electron chi connectivity index (χ3n) is 3.24. The first-order chi connectivity index (χ1) is 10.2. The van der Waals surface area contributed by atoms with Crippen LogP contribution in [0.1, 0.15) is 22.3 Å². The molecule has 0 spiro atoms. The topological polar surface area (TPSA) is 9.23 Å². The maximum Gasteiger partial charge on any atom is 0.132 e. The number of hydrogen-bond donors (Lipinski definition) is 0. The van der Waals surface area contributed by atoms with Gasteiger partial charge in [-0.15, -0.1) is 46.4 Å². The van der Waals surface area contributed by atoms with Crippen molar-refractivity contribution in [3.8, 4) is 11.5 Å². The minimum Gasteiger partial charge on any atom is -0.457 e. The Morgan fingerprint density at radius 3 is 1.38 bits per heavy atom. The molecule has 21 heavy (non-hydrogen) atoms. The molecule has 0 aliphatic carbocycles. The summed E-state index contributed by atoms with van der Waals surface area (Å²) >= 11 is 23.9. The highest BCUT2D eigenvalue weighted by Gasteiger charge is 2.13. The van der Waals surface area contributed by atoms with Crippen LogP contribution in [0.5, 0.6) is 11.5 Å². The monoisotopic (exact) mass is 362 g/mol. The van der Waals surface area contributed by atoms with Crippen molar-refractivity contribution in [1.82, 2.24) is 0 Å². The predicted octanol–water partition coefficient (Wildman–Crippen LogP) is 6.43. The van der Waals surface area contributed by atoms with Gasteiger partial charge in [-0.1, -0.05) is 24.3 Å². The van der Waals surface area contributed by atoms with Crippen molar-refractivity contribution in [3.63, 3.8) is 0 Å². The Morgan fingerprint density at radius 1 is 0.619 bits per heavy atom. The zero-order valence-electron chi connectivity index (χ0n) is 11.2. The summed E-state index contributed by atoms with van der Waals surface area (Å²) in [6.45, 7) is 0. The largest absolute Gasteiger partial charge is 0.457 e. The van der Waals surface area contributed by atoms with Crippen molar-refractivity contribution in [2.75, 3.05) is 0 Å². The Labute approximate surface area is 144 Å². The van der Waals surface area contributed by atoms with Gasteiger partial charge in [0.15, 0.2) is 0 Å².